The summed E-state index contributed by atoms with van der Waals surface area (Å²) in [5, 5.41) is 4.80. The second-order valence-corrected chi connectivity index (χ2v) is 10.00. The van der Waals surface area contributed by atoms with E-state index in [1.54, 1.807) is 20.7 Å². The van der Waals surface area contributed by atoms with Gasteiger partial charge in [-0.1, -0.05) is 43.1 Å². The van der Waals surface area contributed by atoms with Crippen LogP contribution in [-0.4, -0.2) is 64.7 Å². The molecule has 8 heteroatoms. The van der Waals surface area contributed by atoms with Crippen molar-refractivity contribution in [2.75, 3.05) is 33.3 Å². The Hall–Kier alpha value is -2.54. The summed E-state index contributed by atoms with van der Waals surface area (Å²) in [6, 6.07) is 8.15. The number of carbonyl (C=O) groups excluding carboxylic acids is 2. The Balaban J connectivity index is 1.53. The van der Waals surface area contributed by atoms with Crippen LogP contribution >= 0.6 is 11.6 Å². The predicted molar refractivity (Wildman–Crippen MR) is 132 cm³/mol. The summed E-state index contributed by atoms with van der Waals surface area (Å²) >= 11 is 6.37. The first-order chi connectivity index (χ1) is 16.4. The van der Waals surface area contributed by atoms with Crippen LogP contribution in [0.4, 0.5) is 0 Å². The standard InChI is InChI=1S/C26H35ClN4O3/c1-3-14-31-18-21(27)23(28-31)24(32)30-15-8-13-26(19-30)12-7-6-10-20-9-4-5-11-22(20)34-17-16-29(2)25(26)33/h4-5,9,11,18H,3,6-8,10,12-17,19H2,1-2H3. The SMILES string of the molecule is CCCn1cc(Cl)c(C(=O)N2CCCC3(CCCCc4ccccc4OCCN(C)C3=O)C2)n1. The van der Waals surface area contributed by atoms with Crippen LogP contribution < -0.4 is 4.74 Å². The van der Waals surface area contributed by atoms with Gasteiger partial charge in [0.25, 0.3) is 5.91 Å². The van der Waals surface area contributed by atoms with Gasteiger partial charge in [0, 0.05) is 32.9 Å². The molecule has 2 aromatic rings. The van der Waals surface area contributed by atoms with Crippen molar-refractivity contribution in [3.63, 3.8) is 0 Å². The molecule has 34 heavy (non-hydrogen) atoms. The molecule has 0 saturated carbocycles. The van der Waals surface area contributed by atoms with Crippen molar-refractivity contribution in [2.24, 2.45) is 5.41 Å². The molecule has 0 N–H and O–H groups in total. The number of amides is 2. The highest BCUT2D eigenvalue weighted by Crippen LogP contribution is 2.38. The highest BCUT2D eigenvalue weighted by molar-refractivity contribution is 6.33. The van der Waals surface area contributed by atoms with Crippen LogP contribution in [0, 0.1) is 5.41 Å². The lowest BCUT2D eigenvalue weighted by molar-refractivity contribution is -0.144. The minimum Gasteiger partial charge on any atom is -0.491 e. The highest BCUT2D eigenvalue weighted by atomic mass is 35.5. The summed E-state index contributed by atoms with van der Waals surface area (Å²) in [7, 11) is 1.84. The molecule has 3 heterocycles. The third-order valence-corrected chi connectivity index (χ3v) is 7.32. The Bertz CT molecular complexity index is 1020. The number of hydrogen-bond donors (Lipinski definition) is 0. The minimum atomic E-state index is -0.583. The fourth-order valence-electron chi connectivity index (χ4n) is 5.26. The van der Waals surface area contributed by atoms with E-state index in [1.807, 2.05) is 25.2 Å². The number of halogens is 1. The third-order valence-electron chi connectivity index (χ3n) is 7.05. The topological polar surface area (TPSA) is 67.7 Å². The molecular weight excluding hydrogens is 452 g/mol. The molecule has 1 unspecified atom stereocenters. The molecule has 1 aromatic carbocycles. The number of likely N-dealkylation sites (N-methyl/N-ethyl adjacent to an activating group) is 1. The molecule has 1 atom stereocenters. The number of likely N-dealkylation sites (tertiary alicyclic amines) is 1. The fraction of sp³-hybridized carbons (Fsp3) is 0.577. The monoisotopic (exact) mass is 486 g/mol. The van der Waals surface area contributed by atoms with Crippen molar-refractivity contribution in [2.45, 2.75) is 58.4 Å². The molecule has 1 aromatic heterocycles. The zero-order valence-electron chi connectivity index (χ0n) is 20.3. The predicted octanol–water partition coefficient (Wildman–Crippen LogP) is 4.43. The van der Waals surface area contributed by atoms with Gasteiger partial charge in [0.15, 0.2) is 5.69 Å². The lowest BCUT2D eigenvalue weighted by Crippen LogP contribution is -2.54. The van der Waals surface area contributed by atoms with Gasteiger partial charge in [0.1, 0.15) is 12.4 Å². The second-order valence-electron chi connectivity index (χ2n) is 9.59. The molecule has 184 valence electrons. The van der Waals surface area contributed by atoms with Gasteiger partial charge in [-0.25, -0.2) is 0 Å². The van der Waals surface area contributed by atoms with Crippen molar-refractivity contribution in [3.8, 4) is 5.75 Å². The zero-order valence-corrected chi connectivity index (χ0v) is 21.0. The van der Waals surface area contributed by atoms with Gasteiger partial charge in [-0.3, -0.25) is 14.3 Å². The Kier molecular flexibility index (Phi) is 7.81. The first-order valence-electron chi connectivity index (χ1n) is 12.4. The summed E-state index contributed by atoms with van der Waals surface area (Å²) in [5.41, 5.74) is 0.912. The summed E-state index contributed by atoms with van der Waals surface area (Å²) in [6.07, 6.45) is 7.78. The Morgan fingerprint density at radius 1 is 1.18 bits per heavy atom. The number of aryl methyl sites for hydroxylation is 2. The number of ether oxygens (including phenoxy) is 1. The van der Waals surface area contributed by atoms with Crippen LogP contribution in [0.1, 0.15) is 61.5 Å². The first-order valence-corrected chi connectivity index (χ1v) is 12.8. The number of hydrogen-bond acceptors (Lipinski definition) is 4. The van der Waals surface area contributed by atoms with Gasteiger partial charge < -0.3 is 14.5 Å². The average molecular weight is 487 g/mol. The molecule has 2 amide bonds. The average Bonchev–Trinajstić information content (AvgIpc) is 3.21. The van der Waals surface area contributed by atoms with Crippen LogP contribution in [0.2, 0.25) is 5.02 Å². The number of fused-ring (bicyclic) bond motifs is 1. The molecular formula is C26H35ClN4O3. The first kappa shape index (κ1) is 24.6. The molecule has 1 fully saturated rings. The van der Waals surface area contributed by atoms with E-state index in [4.69, 9.17) is 16.3 Å². The maximum atomic E-state index is 13.7. The summed E-state index contributed by atoms with van der Waals surface area (Å²) in [4.78, 5) is 30.7. The van der Waals surface area contributed by atoms with E-state index in [1.165, 1.54) is 5.56 Å². The van der Waals surface area contributed by atoms with Crippen molar-refractivity contribution < 1.29 is 14.3 Å². The molecule has 0 radical (unpaired) electrons. The second kappa shape index (κ2) is 10.8. The normalized spacial score (nSPS) is 22.0. The quantitative estimate of drug-likeness (QED) is 0.643. The van der Waals surface area contributed by atoms with Gasteiger partial charge >= 0.3 is 0 Å². The summed E-state index contributed by atoms with van der Waals surface area (Å²) in [6.45, 7) is 4.75. The third kappa shape index (κ3) is 5.24. The van der Waals surface area contributed by atoms with E-state index in [0.717, 1.165) is 50.7 Å². The van der Waals surface area contributed by atoms with Crippen LogP contribution in [0.15, 0.2) is 30.5 Å². The lowest BCUT2D eigenvalue weighted by Gasteiger charge is -2.43. The highest BCUT2D eigenvalue weighted by Gasteiger charge is 2.45. The zero-order chi connectivity index (χ0) is 24.1. The molecule has 2 aliphatic heterocycles. The molecule has 1 saturated heterocycles. The maximum Gasteiger partial charge on any atom is 0.275 e. The van der Waals surface area contributed by atoms with Crippen molar-refractivity contribution in [1.29, 1.82) is 0 Å². The number of carbonyl (C=O) groups is 2. The van der Waals surface area contributed by atoms with E-state index in [0.29, 0.717) is 37.8 Å². The van der Waals surface area contributed by atoms with E-state index in [-0.39, 0.29) is 17.5 Å². The number of para-hydroxylation sites is 1. The van der Waals surface area contributed by atoms with Crippen LogP contribution in [-0.2, 0) is 17.8 Å². The molecule has 0 aliphatic carbocycles. The number of nitrogens with zero attached hydrogens (tertiary/aromatic N) is 4. The van der Waals surface area contributed by atoms with E-state index < -0.39 is 5.41 Å². The van der Waals surface area contributed by atoms with Crippen LogP contribution in [0.3, 0.4) is 0 Å². The van der Waals surface area contributed by atoms with Crippen molar-refractivity contribution >= 4 is 23.4 Å². The van der Waals surface area contributed by atoms with Crippen LogP contribution in [0.25, 0.3) is 0 Å². The van der Waals surface area contributed by atoms with Crippen molar-refractivity contribution in [1.82, 2.24) is 19.6 Å². The van der Waals surface area contributed by atoms with Gasteiger partial charge in [-0.2, -0.15) is 5.10 Å². The van der Waals surface area contributed by atoms with Gasteiger partial charge in [0.2, 0.25) is 5.91 Å². The smallest absolute Gasteiger partial charge is 0.275 e. The number of piperidine rings is 1. The van der Waals surface area contributed by atoms with Gasteiger partial charge in [-0.15, -0.1) is 0 Å². The van der Waals surface area contributed by atoms with E-state index >= 15 is 0 Å². The Labute approximate surface area is 207 Å². The molecule has 1 spiro atoms. The lowest BCUT2D eigenvalue weighted by atomic mass is 9.74. The van der Waals surface area contributed by atoms with E-state index in [2.05, 4.69) is 18.1 Å². The molecule has 0 bridgehead atoms. The molecule has 4 rings (SSSR count). The summed E-state index contributed by atoms with van der Waals surface area (Å²) in [5.74, 6) is 0.829. The van der Waals surface area contributed by atoms with Gasteiger partial charge in [-0.05, 0) is 50.2 Å². The van der Waals surface area contributed by atoms with Crippen molar-refractivity contribution in [3.05, 3.63) is 46.7 Å². The number of benzene rings is 1. The largest absolute Gasteiger partial charge is 0.491 e. The maximum absolute atomic E-state index is 13.7. The molecule has 7 nitrogen and oxygen atoms in total. The molecule has 2 aliphatic rings. The fourth-order valence-corrected chi connectivity index (χ4v) is 5.49. The van der Waals surface area contributed by atoms with E-state index in [9.17, 15) is 9.59 Å². The Morgan fingerprint density at radius 2 is 1.97 bits per heavy atom. The van der Waals surface area contributed by atoms with Gasteiger partial charge in [0.05, 0.1) is 17.0 Å². The Morgan fingerprint density at radius 3 is 2.79 bits per heavy atom. The number of rotatable bonds is 3. The summed E-state index contributed by atoms with van der Waals surface area (Å²) < 4.78 is 7.75. The number of aromatic nitrogens is 2. The van der Waals surface area contributed by atoms with Crippen LogP contribution in [0.5, 0.6) is 5.75 Å². The minimum absolute atomic E-state index is 0.102.